The number of hydrogen-bond acceptors (Lipinski definition) is 1. The summed E-state index contributed by atoms with van der Waals surface area (Å²) in [5.41, 5.74) is 0. The average Bonchev–Trinajstić information content (AvgIpc) is 2.17. The van der Waals surface area contributed by atoms with Gasteiger partial charge in [-0.2, -0.15) is 0 Å². The Bertz CT molecular complexity index is 247. The van der Waals surface area contributed by atoms with E-state index in [2.05, 4.69) is 30.9 Å². The molecular weight excluding hydrogens is 128 g/mol. The highest BCUT2D eigenvalue weighted by molar-refractivity contribution is 7.12. The number of hydrogen-bond donors (Lipinski definition) is 0. The topological polar surface area (TPSA) is 0 Å². The molecule has 46 valence electrons. The van der Waals surface area contributed by atoms with Crippen molar-refractivity contribution in [2.45, 2.75) is 13.8 Å². The Morgan fingerprint density at radius 1 is 1.44 bits per heavy atom. The Balaban J connectivity index is 2.93. The smallest absolute Gasteiger partial charge is 0.0771 e. The van der Waals surface area contributed by atoms with Gasteiger partial charge in [0, 0.05) is 4.88 Å². The largest absolute Gasteiger partial charge is 0.132 e. The number of thiophene rings is 1. The molecule has 0 spiro atoms. The monoisotopic (exact) mass is 136 g/mol. The summed E-state index contributed by atoms with van der Waals surface area (Å²) in [6.07, 6.45) is 0. The second-order valence-corrected chi connectivity index (χ2v) is 3.07. The van der Waals surface area contributed by atoms with Crippen LogP contribution >= 0.6 is 11.3 Å². The summed E-state index contributed by atoms with van der Waals surface area (Å²) in [4.78, 5) is 2.49. The third-order valence-corrected chi connectivity index (χ3v) is 1.90. The van der Waals surface area contributed by atoms with Gasteiger partial charge in [-0.1, -0.05) is 5.92 Å². The molecule has 0 N–H and O–H groups in total. The molecule has 0 nitrogen and oxygen atoms in total. The molecule has 1 rings (SSSR count). The summed E-state index contributed by atoms with van der Waals surface area (Å²) in [5, 5.41) is 0. The lowest BCUT2D eigenvalue weighted by molar-refractivity contribution is 1.64. The Morgan fingerprint density at radius 3 is 2.67 bits per heavy atom. The van der Waals surface area contributed by atoms with Gasteiger partial charge in [0.1, 0.15) is 0 Å². The van der Waals surface area contributed by atoms with E-state index in [0.717, 1.165) is 4.88 Å². The lowest BCUT2D eigenvalue weighted by Gasteiger charge is -1.73. The van der Waals surface area contributed by atoms with Gasteiger partial charge in [-0.05, 0) is 26.0 Å². The van der Waals surface area contributed by atoms with Gasteiger partial charge in [-0.3, -0.25) is 0 Å². The van der Waals surface area contributed by atoms with Gasteiger partial charge in [0.15, 0.2) is 0 Å². The van der Waals surface area contributed by atoms with Crippen molar-refractivity contribution in [1.29, 1.82) is 0 Å². The predicted octanol–water partition coefficient (Wildman–Crippen LogP) is 2.43. The molecule has 0 atom stereocenters. The second-order valence-electron chi connectivity index (χ2n) is 1.79. The molecule has 0 aliphatic carbocycles. The number of aryl methyl sites for hydroxylation is 1. The van der Waals surface area contributed by atoms with E-state index in [4.69, 9.17) is 0 Å². The van der Waals surface area contributed by atoms with Gasteiger partial charge in [0.25, 0.3) is 0 Å². The molecule has 1 heterocycles. The van der Waals surface area contributed by atoms with Gasteiger partial charge in [-0.25, -0.2) is 0 Å². The van der Waals surface area contributed by atoms with Crippen LogP contribution in [-0.4, -0.2) is 0 Å². The molecule has 0 bridgehead atoms. The van der Waals surface area contributed by atoms with Crippen molar-refractivity contribution in [2.75, 3.05) is 0 Å². The fourth-order valence-electron chi connectivity index (χ4n) is 0.625. The van der Waals surface area contributed by atoms with Gasteiger partial charge in [0.2, 0.25) is 0 Å². The fourth-order valence-corrected chi connectivity index (χ4v) is 1.40. The van der Waals surface area contributed by atoms with Crippen LogP contribution in [0.1, 0.15) is 16.7 Å². The van der Waals surface area contributed by atoms with E-state index in [1.54, 1.807) is 11.3 Å². The molecule has 0 saturated heterocycles. The van der Waals surface area contributed by atoms with E-state index in [1.807, 2.05) is 6.92 Å². The van der Waals surface area contributed by atoms with Crippen LogP contribution in [0.25, 0.3) is 0 Å². The molecule has 0 aliphatic heterocycles. The van der Waals surface area contributed by atoms with Gasteiger partial charge >= 0.3 is 0 Å². The zero-order valence-electron chi connectivity index (χ0n) is 5.56. The predicted molar refractivity (Wildman–Crippen MR) is 41.6 cm³/mol. The van der Waals surface area contributed by atoms with Crippen LogP contribution in [-0.2, 0) is 0 Å². The minimum Gasteiger partial charge on any atom is -0.132 e. The maximum Gasteiger partial charge on any atom is 0.0771 e. The van der Waals surface area contributed by atoms with E-state index >= 15 is 0 Å². The molecule has 0 radical (unpaired) electrons. The third-order valence-electron chi connectivity index (χ3n) is 0.989. The normalized spacial score (nSPS) is 8.22. The molecule has 0 aliphatic rings. The highest BCUT2D eigenvalue weighted by atomic mass is 32.1. The summed E-state index contributed by atoms with van der Waals surface area (Å²) >= 11 is 1.74. The molecular formula is C8H8S. The number of rotatable bonds is 0. The Hall–Kier alpha value is -0.740. The molecule has 0 fully saturated rings. The summed E-state index contributed by atoms with van der Waals surface area (Å²) < 4.78 is 0. The summed E-state index contributed by atoms with van der Waals surface area (Å²) in [6.45, 7) is 3.94. The van der Waals surface area contributed by atoms with Gasteiger partial charge in [-0.15, -0.1) is 17.3 Å². The first-order valence-corrected chi connectivity index (χ1v) is 3.64. The van der Waals surface area contributed by atoms with Crippen LogP contribution in [0.2, 0.25) is 0 Å². The van der Waals surface area contributed by atoms with Crippen LogP contribution in [0.3, 0.4) is 0 Å². The molecule has 1 heteroatoms. The van der Waals surface area contributed by atoms with Gasteiger partial charge < -0.3 is 0 Å². The SMILES string of the molecule is CC#Cc1ccc(C)s1. The molecule has 1 aromatic heterocycles. The van der Waals surface area contributed by atoms with Crippen molar-refractivity contribution in [1.82, 2.24) is 0 Å². The second kappa shape index (κ2) is 2.70. The van der Waals surface area contributed by atoms with Crippen LogP contribution in [0.15, 0.2) is 12.1 Å². The van der Waals surface area contributed by atoms with Crippen LogP contribution in [0.4, 0.5) is 0 Å². The van der Waals surface area contributed by atoms with Crippen molar-refractivity contribution in [3.63, 3.8) is 0 Å². The van der Waals surface area contributed by atoms with Crippen molar-refractivity contribution < 1.29 is 0 Å². The maximum absolute atomic E-state index is 3.00. The molecule has 1 aromatic rings. The van der Waals surface area contributed by atoms with Crippen LogP contribution in [0, 0.1) is 18.8 Å². The fraction of sp³-hybridized carbons (Fsp3) is 0.250. The standard InChI is InChI=1S/C8H8S/c1-3-4-8-6-5-7(2)9-8/h5-6H,1-2H3. The van der Waals surface area contributed by atoms with Crippen LogP contribution < -0.4 is 0 Å². The van der Waals surface area contributed by atoms with E-state index in [0.29, 0.717) is 0 Å². The van der Waals surface area contributed by atoms with Gasteiger partial charge in [0.05, 0.1) is 4.88 Å². The lowest BCUT2D eigenvalue weighted by atomic mass is 10.4. The van der Waals surface area contributed by atoms with E-state index in [9.17, 15) is 0 Å². The lowest BCUT2D eigenvalue weighted by Crippen LogP contribution is -1.54. The Kier molecular flexibility index (Phi) is 1.92. The van der Waals surface area contributed by atoms with E-state index < -0.39 is 0 Å². The first kappa shape index (κ1) is 6.38. The minimum atomic E-state index is 1.16. The summed E-state index contributed by atoms with van der Waals surface area (Å²) in [5.74, 6) is 5.85. The quantitative estimate of drug-likeness (QED) is 0.480. The zero-order valence-corrected chi connectivity index (χ0v) is 6.38. The first-order chi connectivity index (χ1) is 4.33. The third kappa shape index (κ3) is 1.58. The highest BCUT2D eigenvalue weighted by Crippen LogP contribution is 2.12. The molecule has 0 aromatic carbocycles. The highest BCUT2D eigenvalue weighted by Gasteiger charge is 1.88. The zero-order chi connectivity index (χ0) is 6.69. The summed E-state index contributed by atoms with van der Waals surface area (Å²) in [7, 11) is 0. The van der Waals surface area contributed by atoms with E-state index in [1.165, 1.54) is 4.88 Å². The molecule has 0 amide bonds. The van der Waals surface area contributed by atoms with Crippen molar-refractivity contribution >= 4 is 11.3 Å². The Morgan fingerprint density at radius 2 is 2.22 bits per heavy atom. The maximum atomic E-state index is 3.00. The minimum absolute atomic E-state index is 1.16. The molecule has 0 unspecified atom stereocenters. The first-order valence-electron chi connectivity index (χ1n) is 2.82. The Labute approximate surface area is 59.5 Å². The summed E-state index contributed by atoms with van der Waals surface area (Å²) in [6, 6.07) is 4.14. The molecule has 9 heavy (non-hydrogen) atoms. The van der Waals surface area contributed by atoms with Crippen LogP contribution in [0.5, 0.6) is 0 Å². The molecule has 0 saturated carbocycles. The average molecular weight is 136 g/mol. The van der Waals surface area contributed by atoms with Crippen molar-refractivity contribution in [2.24, 2.45) is 0 Å². The van der Waals surface area contributed by atoms with Crippen molar-refractivity contribution in [3.8, 4) is 11.8 Å². The van der Waals surface area contributed by atoms with Crippen molar-refractivity contribution in [3.05, 3.63) is 21.9 Å². The van der Waals surface area contributed by atoms with E-state index in [-0.39, 0.29) is 0 Å².